The number of carbonyl (C=O) groups excluding carboxylic acids is 3. The number of piperidine rings is 1. The van der Waals surface area contributed by atoms with E-state index in [2.05, 4.69) is 21.3 Å². The summed E-state index contributed by atoms with van der Waals surface area (Å²) in [7, 11) is 0. The number of rotatable bonds is 7. The molecule has 210 valence electrons. The van der Waals surface area contributed by atoms with Gasteiger partial charge in [-0.25, -0.2) is 4.79 Å². The van der Waals surface area contributed by atoms with E-state index in [-0.39, 0.29) is 47.3 Å². The van der Waals surface area contributed by atoms with E-state index in [1.165, 1.54) is 11.8 Å². The molecule has 5 atom stereocenters. The SMILES string of the molecule is CCC(=O)N[C@H]1CCC[C@H]1NC(=O)C1=C2NC(=O)N(c3ccc(Oc4ccccc4)cc3C)C3CCNC(S1)C23. The van der Waals surface area contributed by atoms with Crippen LogP contribution in [0.4, 0.5) is 10.5 Å². The minimum atomic E-state index is -0.224. The maximum absolute atomic E-state index is 13.6. The van der Waals surface area contributed by atoms with Crippen LogP contribution in [0.15, 0.2) is 59.1 Å². The van der Waals surface area contributed by atoms with Gasteiger partial charge in [0.1, 0.15) is 11.5 Å². The number of hydrogen-bond acceptors (Lipinski definition) is 6. The summed E-state index contributed by atoms with van der Waals surface area (Å²) in [6, 6.07) is 14.9. The molecule has 9 nitrogen and oxygen atoms in total. The topological polar surface area (TPSA) is 112 Å². The quantitative estimate of drug-likeness (QED) is 0.404. The van der Waals surface area contributed by atoms with Crippen molar-refractivity contribution in [2.45, 2.75) is 69.5 Å². The molecule has 2 saturated heterocycles. The van der Waals surface area contributed by atoms with E-state index in [0.29, 0.717) is 22.8 Å². The third-order valence-electron chi connectivity index (χ3n) is 8.25. The molecule has 0 bridgehead atoms. The summed E-state index contributed by atoms with van der Waals surface area (Å²) in [6.07, 6.45) is 3.83. The highest BCUT2D eigenvalue weighted by molar-refractivity contribution is 8.04. The van der Waals surface area contributed by atoms with Crippen molar-refractivity contribution in [1.29, 1.82) is 0 Å². The van der Waals surface area contributed by atoms with Crippen molar-refractivity contribution in [2.75, 3.05) is 11.4 Å². The van der Waals surface area contributed by atoms with Crippen molar-refractivity contribution in [2.24, 2.45) is 5.92 Å². The van der Waals surface area contributed by atoms with E-state index in [1.807, 2.05) is 67.3 Å². The average Bonchev–Trinajstić information content (AvgIpc) is 3.55. The van der Waals surface area contributed by atoms with Crippen molar-refractivity contribution < 1.29 is 19.1 Å². The molecule has 3 unspecified atom stereocenters. The third kappa shape index (κ3) is 5.06. The maximum Gasteiger partial charge on any atom is 0.326 e. The predicted molar refractivity (Wildman–Crippen MR) is 155 cm³/mol. The number of thioether (sulfide) groups is 1. The van der Waals surface area contributed by atoms with Crippen LogP contribution < -0.4 is 30.9 Å². The average molecular weight is 562 g/mol. The first kappa shape index (κ1) is 26.7. The lowest BCUT2D eigenvalue weighted by molar-refractivity contribution is -0.122. The van der Waals surface area contributed by atoms with Gasteiger partial charge in [-0.05, 0) is 75.0 Å². The Bertz CT molecular complexity index is 1350. The molecule has 1 saturated carbocycles. The van der Waals surface area contributed by atoms with Crippen LogP contribution in [0.3, 0.4) is 0 Å². The predicted octanol–water partition coefficient (Wildman–Crippen LogP) is 4.14. The molecule has 1 aliphatic carbocycles. The summed E-state index contributed by atoms with van der Waals surface area (Å²) >= 11 is 1.50. The maximum atomic E-state index is 13.6. The minimum Gasteiger partial charge on any atom is -0.457 e. The second-order valence-corrected chi connectivity index (χ2v) is 12.0. The van der Waals surface area contributed by atoms with Gasteiger partial charge >= 0.3 is 6.03 Å². The highest BCUT2D eigenvalue weighted by Gasteiger charge is 2.52. The highest BCUT2D eigenvalue weighted by Crippen LogP contribution is 2.48. The number of hydrogen-bond donors (Lipinski definition) is 4. The second kappa shape index (κ2) is 11.2. The van der Waals surface area contributed by atoms with E-state index in [9.17, 15) is 14.4 Å². The Kier molecular flexibility index (Phi) is 7.46. The van der Waals surface area contributed by atoms with Gasteiger partial charge < -0.3 is 26.0 Å². The number of nitrogens with zero attached hydrogens (tertiary/aromatic N) is 1. The van der Waals surface area contributed by atoms with Crippen LogP contribution in [0, 0.1) is 12.8 Å². The third-order valence-corrected chi connectivity index (χ3v) is 9.61. The Hall–Kier alpha value is -3.50. The van der Waals surface area contributed by atoms with Gasteiger partial charge in [0.25, 0.3) is 5.91 Å². The number of benzene rings is 2. The molecule has 3 aliphatic heterocycles. The Morgan fingerprint density at radius 1 is 1.05 bits per heavy atom. The van der Waals surface area contributed by atoms with Gasteiger partial charge in [0.15, 0.2) is 0 Å². The number of aryl methyl sites for hydroxylation is 1. The fraction of sp³-hybridized carbons (Fsp3) is 0.433. The number of para-hydroxylation sites is 1. The first-order chi connectivity index (χ1) is 19.4. The van der Waals surface area contributed by atoms with Gasteiger partial charge in [-0.1, -0.05) is 36.9 Å². The molecular weight excluding hydrogens is 526 g/mol. The van der Waals surface area contributed by atoms with Gasteiger partial charge in [-0.2, -0.15) is 0 Å². The summed E-state index contributed by atoms with van der Waals surface area (Å²) in [5.41, 5.74) is 2.49. The number of anilines is 1. The zero-order valence-corrected chi connectivity index (χ0v) is 23.6. The summed E-state index contributed by atoms with van der Waals surface area (Å²) < 4.78 is 6.00. The molecule has 2 aromatic carbocycles. The van der Waals surface area contributed by atoms with Crippen LogP contribution in [0.5, 0.6) is 11.5 Å². The Morgan fingerprint density at radius 3 is 2.58 bits per heavy atom. The smallest absolute Gasteiger partial charge is 0.326 e. The molecule has 0 radical (unpaired) electrons. The summed E-state index contributed by atoms with van der Waals surface area (Å²) in [5, 5.41) is 12.9. The number of nitrogens with one attached hydrogen (secondary N) is 4. The van der Waals surface area contributed by atoms with Crippen LogP contribution >= 0.6 is 11.8 Å². The lowest BCUT2D eigenvalue weighted by Gasteiger charge is -2.46. The zero-order chi connectivity index (χ0) is 27.8. The molecule has 6 rings (SSSR count). The lowest BCUT2D eigenvalue weighted by atomic mass is 9.86. The molecule has 4 amide bonds. The molecule has 3 heterocycles. The van der Waals surface area contributed by atoms with Crippen molar-refractivity contribution in [3.05, 3.63) is 64.7 Å². The first-order valence-corrected chi connectivity index (χ1v) is 15.0. The molecule has 3 fully saturated rings. The highest BCUT2D eigenvalue weighted by atomic mass is 32.2. The van der Waals surface area contributed by atoms with Crippen LogP contribution in [-0.4, -0.2) is 47.9 Å². The van der Waals surface area contributed by atoms with E-state index < -0.39 is 0 Å². The largest absolute Gasteiger partial charge is 0.457 e. The number of carbonyl (C=O) groups is 3. The molecule has 2 aromatic rings. The van der Waals surface area contributed by atoms with E-state index in [0.717, 1.165) is 49.2 Å². The molecule has 10 heteroatoms. The molecule has 0 aromatic heterocycles. The monoisotopic (exact) mass is 561 g/mol. The van der Waals surface area contributed by atoms with Crippen LogP contribution in [-0.2, 0) is 9.59 Å². The van der Waals surface area contributed by atoms with Gasteiger partial charge in [0, 0.05) is 35.8 Å². The fourth-order valence-electron chi connectivity index (χ4n) is 6.34. The standard InChI is InChI=1S/C30H35N5O4S/c1-3-24(36)32-20-10-7-11-21(20)33-28(37)27-26-25-23(14-15-31-29(25)40-27)35(30(38)34-26)22-13-12-19(16-17(22)2)39-18-8-5-4-6-9-18/h4-6,8-9,12-13,16,20-21,23,25,29,31H,3,7,10-11,14-15H2,1-2H3,(H,32,36)(H,33,37)(H,34,38)/t20-,21+,23?,25?,29?/m0/s1. The molecule has 4 N–H and O–H groups in total. The second-order valence-electron chi connectivity index (χ2n) is 10.8. The van der Waals surface area contributed by atoms with Crippen molar-refractivity contribution in [1.82, 2.24) is 21.3 Å². The number of urea groups is 1. The van der Waals surface area contributed by atoms with Crippen molar-refractivity contribution in [3.63, 3.8) is 0 Å². The first-order valence-electron chi connectivity index (χ1n) is 14.1. The normalized spacial score (nSPS) is 27.2. The van der Waals surface area contributed by atoms with Gasteiger partial charge in [-0.15, -0.1) is 0 Å². The van der Waals surface area contributed by atoms with E-state index in [1.54, 1.807) is 0 Å². The summed E-state index contributed by atoms with van der Waals surface area (Å²) in [6.45, 7) is 4.57. The molecule has 4 aliphatic rings. The van der Waals surface area contributed by atoms with Gasteiger partial charge in [0.05, 0.1) is 16.3 Å². The minimum absolute atomic E-state index is 0.00207. The fourth-order valence-corrected chi connectivity index (χ4v) is 7.74. The Morgan fingerprint density at radius 2 is 1.82 bits per heavy atom. The van der Waals surface area contributed by atoms with Crippen LogP contribution in [0.25, 0.3) is 0 Å². The summed E-state index contributed by atoms with van der Waals surface area (Å²) in [5.74, 6) is 1.26. The van der Waals surface area contributed by atoms with Gasteiger partial charge in [0.2, 0.25) is 5.91 Å². The number of amides is 4. The zero-order valence-electron chi connectivity index (χ0n) is 22.7. The van der Waals surface area contributed by atoms with Crippen molar-refractivity contribution >= 4 is 35.3 Å². The number of ether oxygens (including phenoxy) is 1. The van der Waals surface area contributed by atoms with E-state index in [4.69, 9.17) is 4.74 Å². The molecular formula is C30H35N5O4S. The van der Waals surface area contributed by atoms with E-state index >= 15 is 0 Å². The molecule has 40 heavy (non-hydrogen) atoms. The van der Waals surface area contributed by atoms with Crippen LogP contribution in [0.2, 0.25) is 0 Å². The Balaban J connectivity index is 1.22. The Labute approximate surface area is 238 Å². The molecule has 0 spiro atoms. The van der Waals surface area contributed by atoms with Crippen LogP contribution in [0.1, 0.15) is 44.6 Å². The lowest BCUT2D eigenvalue weighted by Crippen LogP contribution is -2.62. The summed E-state index contributed by atoms with van der Waals surface area (Å²) in [4.78, 5) is 41.6. The van der Waals surface area contributed by atoms with Crippen molar-refractivity contribution in [3.8, 4) is 11.5 Å². The van der Waals surface area contributed by atoms with Gasteiger partial charge in [-0.3, -0.25) is 14.5 Å².